The molecule has 3 aromatic heterocycles. The van der Waals surface area contributed by atoms with Gasteiger partial charge in [0.2, 0.25) is 6.33 Å². The number of aromatic amines is 1. The first-order valence-corrected chi connectivity index (χ1v) is 7.37. The fraction of sp³-hybridized carbons (Fsp3) is 0.200. The van der Waals surface area contributed by atoms with Crippen LogP contribution in [0.4, 0.5) is 0 Å². The van der Waals surface area contributed by atoms with Crippen molar-refractivity contribution >= 4 is 23.3 Å². The summed E-state index contributed by atoms with van der Waals surface area (Å²) in [5, 5.41) is 3.85. The van der Waals surface area contributed by atoms with E-state index in [1.165, 1.54) is 28.7 Å². The molecule has 0 bridgehead atoms. The van der Waals surface area contributed by atoms with Gasteiger partial charge in [0.1, 0.15) is 0 Å². The molecule has 25 heavy (non-hydrogen) atoms. The lowest BCUT2D eigenvalue weighted by Gasteiger charge is -2.01. The van der Waals surface area contributed by atoms with Gasteiger partial charge in [-0.25, -0.2) is 19.8 Å². The number of aryl methyl sites for hydroxylation is 1. The molecule has 0 spiro atoms. The van der Waals surface area contributed by atoms with Gasteiger partial charge in [-0.2, -0.15) is 5.10 Å². The molecule has 3 heterocycles. The first-order chi connectivity index (χ1) is 12.0. The Morgan fingerprint density at radius 3 is 2.92 bits per heavy atom. The Morgan fingerprint density at radius 1 is 1.40 bits per heavy atom. The van der Waals surface area contributed by atoms with Gasteiger partial charge in [-0.3, -0.25) is 23.7 Å². The smallest absolute Gasteiger partial charge is 0.269 e. The first-order valence-electron chi connectivity index (χ1n) is 7.37. The number of nitrogens with one attached hydrogen (secondary N) is 2. The lowest BCUT2D eigenvalue weighted by Crippen LogP contribution is -2.46. The van der Waals surface area contributed by atoms with Crippen molar-refractivity contribution in [2.45, 2.75) is 6.54 Å². The van der Waals surface area contributed by atoms with E-state index in [9.17, 15) is 14.4 Å². The van der Waals surface area contributed by atoms with Crippen LogP contribution in [0.25, 0.3) is 11.2 Å². The van der Waals surface area contributed by atoms with Crippen LogP contribution in [0.2, 0.25) is 0 Å². The largest absolute Gasteiger partial charge is 0.333 e. The summed E-state index contributed by atoms with van der Waals surface area (Å²) in [7, 11) is 2.93. The van der Waals surface area contributed by atoms with Gasteiger partial charge in [-0.1, -0.05) is 6.07 Å². The van der Waals surface area contributed by atoms with Crippen molar-refractivity contribution in [3.8, 4) is 0 Å². The van der Waals surface area contributed by atoms with E-state index in [1.807, 2.05) is 0 Å². The van der Waals surface area contributed by atoms with E-state index in [4.69, 9.17) is 0 Å². The Kier molecular flexibility index (Phi) is 4.25. The Balaban J connectivity index is 1.82. The van der Waals surface area contributed by atoms with Crippen LogP contribution in [0.1, 0.15) is 5.56 Å². The SMILES string of the molecule is Cn1c(=O)c2c([nH]c[n+]2CC(=O)NN=Cc2cccnc2)n(C)c1=O. The third-order valence-corrected chi connectivity index (χ3v) is 3.69. The number of H-pyrrole nitrogens is 1. The molecule has 1 amide bonds. The van der Waals surface area contributed by atoms with Gasteiger partial charge in [0.15, 0.2) is 6.54 Å². The summed E-state index contributed by atoms with van der Waals surface area (Å²) in [6.07, 6.45) is 6.18. The molecular weight excluding hydrogens is 326 g/mol. The number of nitrogens with zero attached hydrogens (tertiary/aromatic N) is 5. The van der Waals surface area contributed by atoms with Gasteiger partial charge in [0.05, 0.1) is 6.21 Å². The first kappa shape index (κ1) is 16.3. The number of hydrazone groups is 1. The molecule has 3 aromatic rings. The highest BCUT2D eigenvalue weighted by molar-refractivity contribution is 5.81. The van der Waals surface area contributed by atoms with Crippen molar-refractivity contribution in [3.63, 3.8) is 0 Å². The number of amides is 1. The van der Waals surface area contributed by atoms with E-state index < -0.39 is 17.2 Å². The Labute approximate surface area is 141 Å². The van der Waals surface area contributed by atoms with Crippen molar-refractivity contribution in [3.05, 3.63) is 57.3 Å². The molecule has 0 fully saturated rings. The second-order valence-electron chi connectivity index (χ2n) is 5.38. The number of carbonyl (C=O) groups is 1. The predicted molar refractivity (Wildman–Crippen MR) is 88.9 cm³/mol. The van der Waals surface area contributed by atoms with E-state index in [0.29, 0.717) is 5.65 Å². The van der Waals surface area contributed by atoms with Crippen LogP contribution in [-0.2, 0) is 25.4 Å². The second-order valence-corrected chi connectivity index (χ2v) is 5.38. The van der Waals surface area contributed by atoms with Gasteiger partial charge in [-0.15, -0.1) is 0 Å². The van der Waals surface area contributed by atoms with Crippen LogP contribution in [0, 0.1) is 0 Å². The minimum Gasteiger partial charge on any atom is -0.269 e. The topological polar surface area (TPSA) is 118 Å². The van der Waals surface area contributed by atoms with Crippen molar-refractivity contribution in [1.82, 2.24) is 24.5 Å². The molecule has 128 valence electrons. The van der Waals surface area contributed by atoms with E-state index in [-0.39, 0.29) is 12.1 Å². The average Bonchev–Trinajstić information content (AvgIpc) is 3.02. The molecule has 0 aliphatic rings. The zero-order chi connectivity index (χ0) is 18.0. The maximum atomic E-state index is 12.3. The molecule has 0 radical (unpaired) electrons. The number of carbonyl (C=O) groups excluding carboxylic acids is 1. The molecule has 0 aromatic carbocycles. The number of fused-ring (bicyclic) bond motifs is 1. The highest BCUT2D eigenvalue weighted by Gasteiger charge is 2.21. The van der Waals surface area contributed by atoms with Crippen molar-refractivity contribution in [1.29, 1.82) is 0 Å². The molecule has 3 rings (SSSR count). The molecule has 0 saturated carbocycles. The van der Waals surface area contributed by atoms with Crippen LogP contribution in [0.3, 0.4) is 0 Å². The Hall–Kier alpha value is -3.56. The molecule has 2 N–H and O–H groups in total. The van der Waals surface area contributed by atoms with Crippen molar-refractivity contribution in [2.75, 3.05) is 0 Å². The maximum Gasteiger partial charge on any atom is 0.333 e. The number of hydrogen-bond acceptors (Lipinski definition) is 5. The summed E-state index contributed by atoms with van der Waals surface area (Å²) >= 11 is 0. The average molecular weight is 342 g/mol. The third-order valence-electron chi connectivity index (χ3n) is 3.69. The third kappa shape index (κ3) is 3.09. The molecule has 10 nitrogen and oxygen atoms in total. The second kappa shape index (κ2) is 6.51. The van der Waals surface area contributed by atoms with Crippen LogP contribution < -0.4 is 21.2 Å². The highest BCUT2D eigenvalue weighted by atomic mass is 16.2. The fourth-order valence-electron chi connectivity index (χ4n) is 2.40. The van der Waals surface area contributed by atoms with Gasteiger partial charge in [-0.05, 0) is 6.07 Å². The molecule has 0 saturated heterocycles. The van der Waals surface area contributed by atoms with Gasteiger partial charge in [0, 0.05) is 32.1 Å². The van der Waals surface area contributed by atoms with Gasteiger partial charge in [0.25, 0.3) is 17.1 Å². The summed E-state index contributed by atoms with van der Waals surface area (Å²) in [6.45, 7) is -0.127. The van der Waals surface area contributed by atoms with Crippen LogP contribution in [0.15, 0.2) is 45.5 Å². The van der Waals surface area contributed by atoms with E-state index in [2.05, 4.69) is 20.5 Å². The number of imidazole rings is 1. The van der Waals surface area contributed by atoms with Gasteiger partial charge < -0.3 is 0 Å². The van der Waals surface area contributed by atoms with Crippen molar-refractivity contribution < 1.29 is 9.36 Å². The van der Waals surface area contributed by atoms with E-state index in [0.717, 1.165) is 10.1 Å². The summed E-state index contributed by atoms with van der Waals surface area (Å²) in [5.74, 6) is -0.415. The molecule has 0 unspecified atom stereocenters. The highest BCUT2D eigenvalue weighted by Crippen LogP contribution is 1.97. The fourth-order valence-corrected chi connectivity index (χ4v) is 2.40. The summed E-state index contributed by atoms with van der Waals surface area (Å²) in [6, 6.07) is 3.55. The lowest BCUT2D eigenvalue weighted by atomic mass is 10.3. The van der Waals surface area contributed by atoms with Crippen LogP contribution in [-0.4, -0.2) is 31.2 Å². The molecule has 10 heteroatoms. The van der Waals surface area contributed by atoms with E-state index in [1.54, 1.807) is 31.6 Å². The monoisotopic (exact) mass is 342 g/mol. The summed E-state index contributed by atoms with van der Waals surface area (Å²) in [5.41, 5.74) is 2.78. The van der Waals surface area contributed by atoms with Crippen LogP contribution >= 0.6 is 0 Å². The number of rotatable bonds is 4. The maximum absolute atomic E-state index is 12.3. The van der Waals surface area contributed by atoms with Crippen molar-refractivity contribution in [2.24, 2.45) is 19.2 Å². The summed E-state index contributed by atoms with van der Waals surface area (Å²) in [4.78, 5) is 43.0. The molecule has 0 aliphatic heterocycles. The quantitative estimate of drug-likeness (QED) is 0.337. The standard InChI is InChI=1S/C15H15N7O3/c1-20-13-12(14(24)21(2)15(20)25)22(9-17-13)8-11(23)19-18-7-10-4-3-5-16-6-10/h3-7,9H,8H2,1-2H3,(H,19,23)/p+1. The van der Waals surface area contributed by atoms with Crippen LogP contribution in [0.5, 0.6) is 0 Å². The van der Waals surface area contributed by atoms with E-state index >= 15 is 0 Å². The van der Waals surface area contributed by atoms with Gasteiger partial charge >= 0.3 is 11.2 Å². The minimum absolute atomic E-state index is 0.127. The number of pyridine rings is 1. The normalized spacial score (nSPS) is 11.3. The lowest BCUT2D eigenvalue weighted by molar-refractivity contribution is -0.659. The molecule has 0 atom stereocenters. The number of hydrogen-bond donors (Lipinski definition) is 2. The number of aromatic nitrogens is 5. The Bertz CT molecular complexity index is 1080. The summed E-state index contributed by atoms with van der Waals surface area (Å²) < 4.78 is 3.74. The zero-order valence-corrected chi connectivity index (χ0v) is 13.6. The molecular formula is C15H16N7O3+. The predicted octanol–water partition coefficient (Wildman–Crippen LogP) is -1.60. The Morgan fingerprint density at radius 2 is 2.20 bits per heavy atom. The zero-order valence-electron chi connectivity index (χ0n) is 13.6. The minimum atomic E-state index is -0.481. The molecule has 0 aliphatic carbocycles.